The Kier molecular flexibility index (Phi) is 3.29. The van der Waals surface area contributed by atoms with Crippen molar-refractivity contribution < 1.29 is 19.1 Å². The third kappa shape index (κ3) is 2.23. The number of hydrogen-bond donors (Lipinski definition) is 1. The zero-order valence-corrected chi connectivity index (χ0v) is 11.9. The van der Waals surface area contributed by atoms with E-state index in [0.29, 0.717) is 17.5 Å². The largest absolute Gasteiger partial charge is 0.480 e. The van der Waals surface area contributed by atoms with Gasteiger partial charge in [0.25, 0.3) is 5.91 Å². The van der Waals surface area contributed by atoms with Gasteiger partial charge in [0, 0.05) is 13.0 Å². The van der Waals surface area contributed by atoms with Crippen LogP contribution < -0.4 is 10.1 Å². The molecule has 8 heteroatoms. The molecule has 7 nitrogen and oxygen atoms in total. The number of ether oxygens (including phenoxy) is 1. The zero-order chi connectivity index (χ0) is 15.1. The molecule has 2 aliphatic rings. The predicted molar refractivity (Wildman–Crippen MR) is 71.8 cm³/mol. The predicted octanol–water partition coefficient (Wildman–Crippen LogP) is 0.505. The normalized spacial score (nSPS) is 21.3. The Morgan fingerprint density at radius 2 is 2.19 bits per heavy atom. The standard InChI is InChI=1S/C13H12ClN3O4/c1-21-12-10-6(4-8(14)15-12)5-17(13(10)20)7-2-3-9(18)16-11(7)19/h4,7H,2-3,5H2,1H3,(H,16,18,19). The van der Waals surface area contributed by atoms with Gasteiger partial charge in [0.15, 0.2) is 0 Å². The van der Waals surface area contributed by atoms with Crippen LogP contribution in [0.25, 0.3) is 0 Å². The Balaban J connectivity index is 1.94. The monoisotopic (exact) mass is 309 g/mol. The van der Waals surface area contributed by atoms with Crippen LogP contribution in [-0.4, -0.2) is 40.8 Å². The van der Waals surface area contributed by atoms with Crippen molar-refractivity contribution in [3.05, 3.63) is 22.3 Å². The molecular formula is C13H12ClN3O4. The molecule has 3 heterocycles. The molecule has 3 rings (SSSR count). The number of carbonyl (C=O) groups excluding carboxylic acids is 3. The van der Waals surface area contributed by atoms with Crippen molar-refractivity contribution in [1.29, 1.82) is 0 Å². The average molecular weight is 310 g/mol. The first-order chi connectivity index (χ1) is 10.0. The highest BCUT2D eigenvalue weighted by atomic mass is 35.5. The van der Waals surface area contributed by atoms with Crippen LogP contribution in [0.3, 0.4) is 0 Å². The van der Waals surface area contributed by atoms with Crippen LogP contribution in [0.4, 0.5) is 0 Å². The van der Waals surface area contributed by atoms with E-state index in [0.717, 1.165) is 0 Å². The second-order valence-electron chi connectivity index (χ2n) is 4.89. The van der Waals surface area contributed by atoms with Crippen LogP contribution >= 0.6 is 11.6 Å². The number of fused-ring (bicyclic) bond motifs is 1. The number of nitrogens with zero attached hydrogens (tertiary/aromatic N) is 2. The summed E-state index contributed by atoms with van der Waals surface area (Å²) in [5.74, 6) is -0.953. The number of hydrogen-bond acceptors (Lipinski definition) is 5. The van der Waals surface area contributed by atoms with Gasteiger partial charge in [0.1, 0.15) is 16.8 Å². The van der Waals surface area contributed by atoms with Gasteiger partial charge < -0.3 is 9.64 Å². The number of aromatic nitrogens is 1. The quantitative estimate of drug-likeness (QED) is 0.635. The number of nitrogens with one attached hydrogen (secondary N) is 1. The molecule has 1 unspecified atom stereocenters. The maximum atomic E-state index is 12.5. The Bertz CT molecular complexity index is 661. The minimum atomic E-state index is -0.661. The molecule has 1 fully saturated rings. The fraction of sp³-hybridized carbons (Fsp3) is 0.385. The van der Waals surface area contributed by atoms with E-state index in [1.807, 2.05) is 0 Å². The van der Waals surface area contributed by atoms with E-state index in [1.165, 1.54) is 12.0 Å². The second-order valence-corrected chi connectivity index (χ2v) is 5.28. The topological polar surface area (TPSA) is 88.6 Å². The van der Waals surface area contributed by atoms with Crippen LogP contribution in [0.15, 0.2) is 6.07 Å². The molecule has 0 saturated carbocycles. The summed E-state index contributed by atoms with van der Waals surface area (Å²) in [6.45, 7) is 0.249. The minimum Gasteiger partial charge on any atom is -0.480 e. The van der Waals surface area contributed by atoms with Gasteiger partial charge in [0.05, 0.1) is 7.11 Å². The van der Waals surface area contributed by atoms with Gasteiger partial charge in [-0.05, 0) is 18.1 Å². The zero-order valence-electron chi connectivity index (χ0n) is 11.2. The molecule has 3 amide bonds. The highest BCUT2D eigenvalue weighted by Gasteiger charge is 2.41. The smallest absolute Gasteiger partial charge is 0.260 e. The summed E-state index contributed by atoms with van der Waals surface area (Å²) < 4.78 is 5.09. The lowest BCUT2D eigenvalue weighted by atomic mass is 10.0. The van der Waals surface area contributed by atoms with Crippen LogP contribution in [0.1, 0.15) is 28.8 Å². The van der Waals surface area contributed by atoms with Crippen molar-refractivity contribution in [2.75, 3.05) is 7.11 Å². The van der Waals surface area contributed by atoms with Crippen molar-refractivity contribution in [2.45, 2.75) is 25.4 Å². The molecule has 1 atom stereocenters. The molecule has 0 bridgehead atoms. The Labute approximate surface area is 125 Å². The van der Waals surface area contributed by atoms with Crippen molar-refractivity contribution >= 4 is 29.3 Å². The summed E-state index contributed by atoms with van der Waals surface area (Å²) in [5, 5.41) is 2.47. The number of carbonyl (C=O) groups is 3. The van der Waals surface area contributed by atoms with Crippen molar-refractivity contribution in [2.24, 2.45) is 0 Å². The van der Waals surface area contributed by atoms with Gasteiger partial charge in [-0.1, -0.05) is 11.6 Å². The molecule has 21 heavy (non-hydrogen) atoms. The van der Waals surface area contributed by atoms with E-state index < -0.39 is 11.9 Å². The minimum absolute atomic E-state index is 0.150. The number of amides is 3. The maximum absolute atomic E-state index is 12.5. The first-order valence-corrected chi connectivity index (χ1v) is 6.77. The van der Waals surface area contributed by atoms with E-state index in [-0.39, 0.29) is 35.8 Å². The number of rotatable bonds is 2. The third-order valence-corrected chi connectivity index (χ3v) is 3.83. The molecule has 110 valence electrons. The number of imide groups is 1. The van der Waals surface area contributed by atoms with Crippen molar-refractivity contribution in [3.8, 4) is 5.88 Å². The van der Waals surface area contributed by atoms with E-state index >= 15 is 0 Å². The third-order valence-electron chi connectivity index (χ3n) is 3.63. The van der Waals surface area contributed by atoms with E-state index in [9.17, 15) is 14.4 Å². The SMILES string of the molecule is COc1nc(Cl)cc2c1C(=O)N(C1CCC(=O)NC1=O)C2. The van der Waals surface area contributed by atoms with Crippen LogP contribution in [0.2, 0.25) is 5.15 Å². The van der Waals surface area contributed by atoms with Crippen LogP contribution in [0, 0.1) is 0 Å². The van der Waals surface area contributed by atoms with Gasteiger partial charge in [-0.25, -0.2) is 4.98 Å². The molecule has 1 N–H and O–H groups in total. The summed E-state index contributed by atoms with van der Waals surface area (Å²) in [6, 6.07) is 0.925. The molecule has 1 aromatic heterocycles. The molecule has 0 aliphatic carbocycles. The highest BCUT2D eigenvalue weighted by Crippen LogP contribution is 2.33. The van der Waals surface area contributed by atoms with Crippen LogP contribution in [-0.2, 0) is 16.1 Å². The molecule has 0 spiro atoms. The van der Waals surface area contributed by atoms with E-state index in [4.69, 9.17) is 16.3 Å². The summed E-state index contributed by atoms with van der Waals surface area (Å²) in [4.78, 5) is 41.0. The fourth-order valence-electron chi connectivity index (χ4n) is 2.67. The van der Waals surface area contributed by atoms with Gasteiger partial charge in [0.2, 0.25) is 17.7 Å². The van der Waals surface area contributed by atoms with Crippen molar-refractivity contribution in [3.63, 3.8) is 0 Å². The van der Waals surface area contributed by atoms with Gasteiger partial charge in [-0.3, -0.25) is 19.7 Å². The van der Waals surface area contributed by atoms with E-state index in [1.54, 1.807) is 6.07 Å². The summed E-state index contributed by atoms with van der Waals surface area (Å²) in [7, 11) is 1.40. The van der Waals surface area contributed by atoms with Crippen molar-refractivity contribution in [1.82, 2.24) is 15.2 Å². The number of piperidine rings is 1. The maximum Gasteiger partial charge on any atom is 0.260 e. The Hall–Kier alpha value is -2.15. The second kappa shape index (κ2) is 5.00. The molecule has 0 radical (unpaired) electrons. The summed E-state index contributed by atoms with van der Waals surface area (Å²) in [5.41, 5.74) is 0.994. The number of methoxy groups -OCH3 is 1. The Morgan fingerprint density at radius 1 is 1.43 bits per heavy atom. The molecule has 1 saturated heterocycles. The first-order valence-electron chi connectivity index (χ1n) is 6.39. The van der Waals surface area contributed by atoms with Crippen LogP contribution in [0.5, 0.6) is 5.88 Å². The highest BCUT2D eigenvalue weighted by molar-refractivity contribution is 6.29. The fourth-order valence-corrected chi connectivity index (χ4v) is 2.88. The van der Waals surface area contributed by atoms with Gasteiger partial charge in [-0.15, -0.1) is 0 Å². The van der Waals surface area contributed by atoms with E-state index in [2.05, 4.69) is 10.3 Å². The first kappa shape index (κ1) is 13.8. The lowest BCUT2D eigenvalue weighted by molar-refractivity contribution is -0.136. The molecule has 0 aromatic carbocycles. The van der Waals surface area contributed by atoms with Gasteiger partial charge >= 0.3 is 0 Å². The molecular weight excluding hydrogens is 298 g/mol. The Morgan fingerprint density at radius 3 is 2.86 bits per heavy atom. The van der Waals surface area contributed by atoms with Gasteiger partial charge in [-0.2, -0.15) is 0 Å². The lowest BCUT2D eigenvalue weighted by Crippen LogP contribution is -2.52. The molecule has 1 aromatic rings. The summed E-state index contributed by atoms with van der Waals surface area (Å²) in [6.07, 6.45) is 0.528. The number of halogens is 1. The molecule has 2 aliphatic heterocycles. The number of pyridine rings is 1. The lowest BCUT2D eigenvalue weighted by Gasteiger charge is -2.29. The average Bonchev–Trinajstić information content (AvgIpc) is 2.75. The summed E-state index contributed by atoms with van der Waals surface area (Å²) >= 11 is 5.89.